The Bertz CT molecular complexity index is 1210. The van der Waals surface area contributed by atoms with Crippen LogP contribution < -0.4 is 15.5 Å². The Labute approximate surface area is 173 Å². The highest BCUT2D eigenvalue weighted by molar-refractivity contribution is 6.03. The molecule has 154 valence electrons. The van der Waals surface area contributed by atoms with E-state index in [4.69, 9.17) is 4.98 Å². The summed E-state index contributed by atoms with van der Waals surface area (Å²) in [5, 5.41) is 12.9. The van der Waals surface area contributed by atoms with Gasteiger partial charge in [-0.15, -0.1) is 0 Å². The van der Waals surface area contributed by atoms with Gasteiger partial charge in [-0.1, -0.05) is 12.1 Å². The highest BCUT2D eigenvalue weighted by Crippen LogP contribution is 2.28. The van der Waals surface area contributed by atoms with Crippen molar-refractivity contribution in [2.45, 2.75) is 19.9 Å². The van der Waals surface area contributed by atoms with Gasteiger partial charge in [-0.3, -0.25) is 4.68 Å². The lowest BCUT2D eigenvalue weighted by Gasteiger charge is -2.29. The lowest BCUT2D eigenvalue weighted by atomic mass is 10.2. The van der Waals surface area contributed by atoms with Gasteiger partial charge in [0.15, 0.2) is 0 Å². The molecule has 0 aliphatic carbocycles. The van der Waals surface area contributed by atoms with E-state index in [2.05, 4.69) is 39.5 Å². The molecule has 0 radical (unpaired) electrons. The largest absolute Gasteiger partial charge is 0.367 e. The van der Waals surface area contributed by atoms with Gasteiger partial charge in [-0.2, -0.15) is 5.10 Å². The molecule has 3 heterocycles. The molecule has 0 bridgehead atoms. The van der Waals surface area contributed by atoms with Gasteiger partial charge >= 0.3 is 0 Å². The van der Waals surface area contributed by atoms with Gasteiger partial charge in [0.1, 0.15) is 11.3 Å². The molecule has 30 heavy (non-hydrogen) atoms. The minimum atomic E-state index is -0.247. The summed E-state index contributed by atoms with van der Waals surface area (Å²) in [6.45, 7) is 7.52. The summed E-state index contributed by atoms with van der Waals surface area (Å²) in [7, 11) is 0. The van der Waals surface area contributed by atoms with E-state index in [9.17, 15) is 4.39 Å². The lowest BCUT2D eigenvalue weighted by Crippen LogP contribution is -2.43. The van der Waals surface area contributed by atoms with Crippen molar-refractivity contribution >= 4 is 39.1 Å². The van der Waals surface area contributed by atoms with Crippen molar-refractivity contribution in [3.05, 3.63) is 48.5 Å². The highest BCUT2D eigenvalue weighted by Gasteiger charge is 2.16. The second-order valence-corrected chi connectivity index (χ2v) is 7.85. The van der Waals surface area contributed by atoms with Crippen LogP contribution in [0, 0.1) is 5.82 Å². The van der Waals surface area contributed by atoms with Crippen LogP contribution >= 0.6 is 0 Å². The summed E-state index contributed by atoms with van der Waals surface area (Å²) in [6, 6.07) is 9.43. The number of aromatic nitrogens is 4. The van der Waals surface area contributed by atoms with Crippen molar-refractivity contribution in [2.75, 3.05) is 36.4 Å². The number of halogens is 1. The van der Waals surface area contributed by atoms with E-state index in [1.165, 1.54) is 6.07 Å². The number of nitrogens with one attached hydrogen (secondary N) is 2. The van der Waals surface area contributed by atoms with Gasteiger partial charge in [0, 0.05) is 54.9 Å². The molecular weight excluding hydrogens is 381 g/mol. The van der Waals surface area contributed by atoms with Crippen LogP contribution in [0.15, 0.2) is 42.7 Å². The molecule has 1 aliphatic heterocycles. The molecule has 0 spiro atoms. The summed E-state index contributed by atoms with van der Waals surface area (Å²) < 4.78 is 16.7. The molecule has 8 heteroatoms. The zero-order valence-electron chi connectivity index (χ0n) is 17.1. The van der Waals surface area contributed by atoms with Gasteiger partial charge in [-0.25, -0.2) is 14.4 Å². The van der Waals surface area contributed by atoms with Crippen molar-refractivity contribution in [1.29, 1.82) is 0 Å². The first-order chi connectivity index (χ1) is 14.6. The van der Waals surface area contributed by atoms with Crippen LogP contribution in [0.2, 0.25) is 0 Å². The quantitative estimate of drug-likeness (QED) is 0.537. The van der Waals surface area contributed by atoms with Crippen LogP contribution in [-0.2, 0) is 0 Å². The number of nitrogens with zero attached hydrogens (tertiary/aromatic N) is 5. The second kappa shape index (κ2) is 7.53. The standard InChI is InChI=1S/C22H24FN7/c1-14(2)30-21-16(13-26-30)4-3-15-12-25-22(28-20(15)21)27-17-5-6-19(18(23)11-17)29-9-7-24-8-10-29/h3-6,11-14,24H,7-10H2,1-2H3,(H,25,27,28). The molecule has 0 saturated carbocycles. The molecule has 0 unspecified atom stereocenters. The topological polar surface area (TPSA) is 70.9 Å². The van der Waals surface area contributed by atoms with Gasteiger partial charge in [0.05, 0.1) is 17.4 Å². The number of anilines is 3. The van der Waals surface area contributed by atoms with Crippen molar-refractivity contribution < 1.29 is 4.39 Å². The molecule has 5 rings (SSSR count). The van der Waals surface area contributed by atoms with E-state index in [1.54, 1.807) is 6.20 Å². The monoisotopic (exact) mass is 405 g/mol. The summed E-state index contributed by atoms with van der Waals surface area (Å²) >= 11 is 0. The van der Waals surface area contributed by atoms with Gasteiger partial charge in [-0.05, 0) is 32.0 Å². The Morgan fingerprint density at radius 3 is 2.63 bits per heavy atom. The summed E-state index contributed by atoms with van der Waals surface area (Å²) in [6.07, 6.45) is 3.64. The number of piperazine rings is 1. The van der Waals surface area contributed by atoms with Crippen LogP contribution in [0.4, 0.5) is 21.7 Å². The molecule has 1 fully saturated rings. The van der Waals surface area contributed by atoms with E-state index in [1.807, 2.05) is 35.1 Å². The average Bonchev–Trinajstić information content (AvgIpc) is 3.20. The first-order valence-electron chi connectivity index (χ1n) is 10.3. The first-order valence-corrected chi connectivity index (χ1v) is 10.3. The zero-order valence-corrected chi connectivity index (χ0v) is 17.1. The van der Waals surface area contributed by atoms with Crippen molar-refractivity contribution in [3.8, 4) is 0 Å². The van der Waals surface area contributed by atoms with Crippen LogP contribution in [0.5, 0.6) is 0 Å². The normalized spacial score (nSPS) is 14.7. The predicted molar refractivity (Wildman–Crippen MR) is 118 cm³/mol. The van der Waals surface area contributed by atoms with Crippen molar-refractivity contribution in [1.82, 2.24) is 25.1 Å². The van der Waals surface area contributed by atoms with Crippen LogP contribution in [0.25, 0.3) is 21.8 Å². The summed E-state index contributed by atoms with van der Waals surface area (Å²) in [4.78, 5) is 11.2. The maximum atomic E-state index is 14.7. The minimum Gasteiger partial charge on any atom is -0.367 e. The van der Waals surface area contributed by atoms with E-state index in [0.29, 0.717) is 17.3 Å². The molecule has 0 atom stereocenters. The van der Waals surface area contributed by atoms with Crippen molar-refractivity contribution in [3.63, 3.8) is 0 Å². The zero-order chi connectivity index (χ0) is 20.7. The first kappa shape index (κ1) is 18.7. The van der Waals surface area contributed by atoms with E-state index < -0.39 is 0 Å². The van der Waals surface area contributed by atoms with Crippen LogP contribution in [0.3, 0.4) is 0 Å². The summed E-state index contributed by atoms with van der Waals surface area (Å²) in [5.41, 5.74) is 3.06. The molecule has 2 aromatic heterocycles. The van der Waals surface area contributed by atoms with E-state index in [-0.39, 0.29) is 11.9 Å². The maximum Gasteiger partial charge on any atom is 0.227 e. The van der Waals surface area contributed by atoms with Gasteiger partial charge in [0.2, 0.25) is 5.95 Å². The average molecular weight is 405 g/mol. The number of rotatable bonds is 4. The number of fused-ring (bicyclic) bond motifs is 3. The Morgan fingerprint density at radius 2 is 1.87 bits per heavy atom. The molecule has 1 saturated heterocycles. The molecule has 7 nitrogen and oxygen atoms in total. The summed E-state index contributed by atoms with van der Waals surface area (Å²) in [5.74, 6) is 0.184. The molecule has 0 amide bonds. The Morgan fingerprint density at radius 1 is 1.07 bits per heavy atom. The van der Waals surface area contributed by atoms with Gasteiger partial charge < -0.3 is 15.5 Å². The van der Waals surface area contributed by atoms with Crippen LogP contribution in [0.1, 0.15) is 19.9 Å². The minimum absolute atomic E-state index is 0.214. The van der Waals surface area contributed by atoms with E-state index >= 15 is 0 Å². The third kappa shape index (κ3) is 3.33. The lowest BCUT2D eigenvalue weighted by molar-refractivity contribution is 0.552. The van der Waals surface area contributed by atoms with Crippen LogP contribution in [-0.4, -0.2) is 45.9 Å². The predicted octanol–water partition coefficient (Wildman–Crippen LogP) is 3.85. The molecule has 2 N–H and O–H groups in total. The second-order valence-electron chi connectivity index (χ2n) is 7.85. The van der Waals surface area contributed by atoms with Crippen molar-refractivity contribution in [2.24, 2.45) is 0 Å². The highest BCUT2D eigenvalue weighted by atomic mass is 19.1. The molecule has 1 aliphatic rings. The third-order valence-electron chi connectivity index (χ3n) is 5.46. The van der Waals surface area contributed by atoms with E-state index in [0.717, 1.165) is 48.0 Å². The Kier molecular flexibility index (Phi) is 4.71. The van der Waals surface area contributed by atoms with Gasteiger partial charge in [0.25, 0.3) is 0 Å². The SMILES string of the molecule is CC(C)n1ncc2ccc3cnc(Nc4ccc(N5CCNCC5)c(F)c4)nc3c21. The Balaban J connectivity index is 1.48. The molecule has 2 aromatic carbocycles. The number of benzene rings is 2. The fourth-order valence-corrected chi connectivity index (χ4v) is 3.95. The number of hydrogen-bond acceptors (Lipinski definition) is 6. The third-order valence-corrected chi connectivity index (χ3v) is 5.46. The molecule has 4 aromatic rings. The maximum absolute atomic E-state index is 14.7. The number of hydrogen-bond donors (Lipinski definition) is 2. The smallest absolute Gasteiger partial charge is 0.227 e. The fraction of sp³-hybridized carbons (Fsp3) is 0.318. The Hall–Kier alpha value is -3.26. The fourth-order valence-electron chi connectivity index (χ4n) is 3.95. The molecular formula is C22H24FN7.